The predicted octanol–water partition coefficient (Wildman–Crippen LogP) is 5.43. The molecule has 0 N–H and O–H groups in total. The molecule has 0 radical (unpaired) electrons. The average molecular weight is 445 g/mol. The molecule has 2 aromatic carbocycles. The predicted molar refractivity (Wildman–Crippen MR) is 115 cm³/mol. The molecule has 0 bridgehead atoms. The van der Waals surface area contributed by atoms with Gasteiger partial charge in [0.15, 0.2) is 0 Å². The molecule has 30 heavy (non-hydrogen) atoms. The first-order valence-electron chi connectivity index (χ1n) is 9.11. The Labute approximate surface area is 182 Å². The molecule has 0 atom stereocenters. The van der Waals surface area contributed by atoms with Crippen LogP contribution in [0.1, 0.15) is 11.1 Å². The molecule has 0 aliphatic rings. The van der Waals surface area contributed by atoms with Crippen LogP contribution in [0.5, 0.6) is 5.75 Å². The van der Waals surface area contributed by atoms with E-state index in [1.54, 1.807) is 29.3 Å². The first-order chi connectivity index (χ1) is 14.4. The molecule has 0 unspecified atom stereocenters. The molecule has 0 aliphatic heterocycles. The Kier molecular flexibility index (Phi) is 5.70. The summed E-state index contributed by atoms with van der Waals surface area (Å²) in [5.74, 6) is 0.277. The van der Waals surface area contributed by atoms with Crippen molar-refractivity contribution in [3.63, 3.8) is 0 Å². The van der Waals surface area contributed by atoms with Gasteiger partial charge in [-0.05, 0) is 18.2 Å². The van der Waals surface area contributed by atoms with Gasteiger partial charge >= 0.3 is 5.97 Å². The maximum Gasteiger partial charge on any atom is 0.310 e. The fraction of sp³-hybridized carbons (Fsp3) is 0.182. The van der Waals surface area contributed by atoms with Crippen LogP contribution in [-0.2, 0) is 29.6 Å². The van der Waals surface area contributed by atoms with Gasteiger partial charge in [-0.3, -0.25) is 9.48 Å². The highest BCUT2D eigenvalue weighted by Crippen LogP contribution is 2.37. The Morgan fingerprint density at radius 2 is 2.03 bits per heavy atom. The number of carbonyl (C=O) groups is 1. The number of hydrogen-bond donors (Lipinski definition) is 0. The molecule has 0 amide bonds. The van der Waals surface area contributed by atoms with Crippen LogP contribution in [-0.4, -0.2) is 22.9 Å². The van der Waals surface area contributed by atoms with Gasteiger partial charge in [-0.15, -0.1) is 0 Å². The number of esters is 1. The minimum atomic E-state index is -0.335. The van der Waals surface area contributed by atoms with Crippen molar-refractivity contribution in [2.45, 2.75) is 13.0 Å². The van der Waals surface area contributed by atoms with Gasteiger partial charge in [-0.25, -0.2) is 0 Å². The summed E-state index contributed by atoms with van der Waals surface area (Å²) in [6.07, 6.45) is 5.33. The van der Waals surface area contributed by atoms with Crippen molar-refractivity contribution in [1.82, 2.24) is 9.78 Å². The van der Waals surface area contributed by atoms with Gasteiger partial charge in [0.2, 0.25) is 0 Å². The lowest BCUT2D eigenvalue weighted by atomic mass is 10.0. The van der Waals surface area contributed by atoms with Crippen LogP contribution in [0.4, 0.5) is 0 Å². The lowest BCUT2D eigenvalue weighted by Gasteiger charge is -2.12. The van der Waals surface area contributed by atoms with E-state index in [0.29, 0.717) is 21.4 Å². The second-order valence-electron chi connectivity index (χ2n) is 6.79. The van der Waals surface area contributed by atoms with E-state index in [2.05, 4.69) is 5.10 Å². The summed E-state index contributed by atoms with van der Waals surface area (Å²) in [6.45, 7) is 0.254. The van der Waals surface area contributed by atoms with Crippen LogP contribution in [0.15, 0.2) is 53.4 Å². The highest BCUT2D eigenvalue weighted by atomic mass is 35.5. The van der Waals surface area contributed by atoms with Crippen molar-refractivity contribution >= 4 is 40.1 Å². The fourth-order valence-electron chi connectivity index (χ4n) is 3.17. The molecule has 2 heterocycles. The number of benzene rings is 2. The molecule has 4 rings (SSSR count). The summed E-state index contributed by atoms with van der Waals surface area (Å²) in [4.78, 5) is 11.7. The number of aryl methyl sites for hydroxylation is 1. The second kappa shape index (κ2) is 8.42. The van der Waals surface area contributed by atoms with Gasteiger partial charge < -0.3 is 13.9 Å². The maximum absolute atomic E-state index is 11.7. The Morgan fingerprint density at radius 3 is 2.73 bits per heavy atom. The Morgan fingerprint density at radius 1 is 1.20 bits per heavy atom. The first kappa shape index (κ1) is 20.3. The Bertz CT molecular complexity index is 1230. The van der Waals surface area contributed by atoms with Crippen molar-refractivity contribution in [2.75, 3.05) is 7.11 Å². The molecule has 4 aromatic rings. The van der Waals surface area contributed by atoms with E-state index in [0.717, 1.165) is 27.6 Å². The highest BCUT2D eigenvalue weighted by molar-refractivity contribution is 6.35. The minimum absolute atomic E-state index is 0.122. The number of hydrogen-bond acceptors (Lipinski definition) is 5. The molecule has 6 nitrogen and oxygen atoms in total. The van der Waals surface area contributed by atoms with Gasteiger partial charge in [-0.2, -0.15) is 5.10 Å². The number of aromatic nitrogens is 2. The first-order valence-corrected chi connectivity index (χ1v) is 9.87. The van der Waals surface area contributed by atoms with Gasteiger partial charge in [-0.1, -0.05) is 29.3 Å². The van der Waals surface area contributed by atoms with Crippen LogP contribution < -0.4 is 4.74 Å². The van der Waals surface area contributed by atoms with Crippen molar-refractivity contribution in [3.8, 4) is 16.9 Å². The van der Waals surface area contributed by atoms with E-state index in [4.69, 9.17) is 37.1 Å². The molecular formula is C22H18Cl2N2O4. The SMILES string of the molecule is COC(=O)Cc1coc2cc(OCc3ccc(Cl)cc3Cl)c(-c3cnn(C)c3)cc12. The molecule has 0 spiro atoms. The van der Waals surface area contributed by atoms with Gasteiger partial charge in [0, 0.05) is 57.0 Å². The minimum Gasteiger partial charge on any atom is -0.488 e. The molecule has 0 saturated carbocycles. The summed E-state index contributed by atoms with van der Waals surface area (Å²) < 4.78 is 18.3. The molecule has 0 aliphatic carbocycles. The van der Waals surface area contributed by atoms with E-state index in [1.807, 2.05) is 31.4 Å². The number of methoxy groups -OCH3 is 1. The molecular weight excluding hydrogens is 427 g/mol. The van der Waals surface area contributed by atoms with Crippen LogP contribution >= 0.6 is 23.2 Å². The number of furan rings is 1. The Hall–Kier alpha value is -2.96. The van der Waals surface area contributed by atoms with Crippen LogP contribution in [0.2, 0.25) is 10.0 Å². The average Bonchev–Trinajstić information content (AvgIpc) is 3.32. The van der Waals surface area contributed by atoms with Crippen molar-refractivity contribution in [2.24, 2.45) is 7.05 Å². The lowest BCUT2D eigenvalue weighted by molar-refractivity contribution is -0.139. The third-order valence-corrected chi connectivity index (χ3v) is 5.32. The molecule has 8 heteroatoms. The zero-order valence-electron chi connectivity index (χ0n) is 16.3. The summed E-state index contributed by atoms with van der Waals surface area (Å²) in [5, 5.41) is 6.17. The highest BCUT2D eigenvalue weighted by Gasteiger charge is 2.17. The maximum atomic E-state index is 11.7. The lowest BCUT2D eigenvalue weighted by Crippen LogP contribution is -2.03. The summed E-state index contributed by atoms with van der Waals surface area (Å²) in [7, 11) is 3.20. The molecule has 0 fully saturated rings. The van der Waals surface area contributed by atoms with Crippen molar-refractivity contribution < 1.29 is 18.7 Å². The fourth-order valence-corrected chi connectivity index (χ4v) is 3.63. The van der Waals surface area contributed by atoms with Crippen LogP contribution in [0.25, 0.3) is 22.1 Å². The van der Waals surface area contributed by atoms with Gasteiger partial charge in [0.25, 0.3) is 0 Å². The van der Waals surface area contributed by atoms with Crippen molar-refractivity contribution in [1.29, 1.82) is 0 Å². The number of fused-ring (bicyclic) bond motifs is 1. The standard InChI is InChI=1S/C22H18Cl2N2O4/c1-26-10-15(9-25-26)18-7-17-14(5-22(27)28-2)12-30-20(17)8-21(18)29-11-13-3-4-16(23)6-19(13)24/h3-4,6-10,12H,5,11H2,1-2H3. The number of ether oxygens (including phenoxy) is 2. The zero-order valence-corrected chi connectivity index (χ0v) is 17.8. The smallest absolute Gasteiger partial charge is 0.310 e. The van der Waals surface area contributed by atoms with E-state index < -0.39 is 0 Å². The largest absolute Gasteiger partial charge is 0.488 e. The van der Waals surface area contributed by atoms with E-state index in [-0.39, 0.29) is 19.0 Å². The Balaban J connectivity index is 1.74. The van der Waals surface area contributed by atoms with Crippen molar-refractivity contribution in [3.05, 3.63) is 70.2 Å². The summed E-state index contributed by atoms with van der Waals surface area (Å²) >= 11 is 12.3. The summed E-state index contributed by atoms with van der Waals surface area (Å²) in [6, 6.07) is 9.02. The third-order valence-electron chi connectivity index (χ3n) is 4.73. The molecule has 154 valence electrons. The number of rotatable bonds is 6. The van der Waals surface area contributed by atoms with E-state index >= 15 is 0 Å². The summed E-state index contributed by atoms with van der Waals surface area (Å²) in [5.41, 5.74) is 3.87. The number of nitrogens with zero attached hydrogens (tertiary/aromatic N) is 2. The zero-order chi connectivity index (χ0) is 21.3. The number of halogens is 2. The molecule has 2 aromatic heterocycles. The topological polar surface area (TPSA) is 66.5 Å². The van der Waals surface area contributed by atoms with Crippen LogP contribution in [0, 0.1) is 0 Å². The quantitative estimate of drug-likeness (QED) is 0.370. The van der Waals surface area contributed by atoms with Gasteiger partial charge in [0.05, 0.1) is 26.0 Å². The second-order valence-corrected chi connectivity index (χ2v) is 7.63. The van der Waals surface area contributed by atoms with Crippen LogP contribution in [0.3, 0.4) is 0 Å². The number of carbonyl (C=O) groups excluding carboxylic acids is 1. The third kappa shape index (κ3) is 4.15. The van der Waals surface area contributed by atoms with E-state index in [1.165, 1.54) is 7.11 Å². The molecule has 0 saturated heterocycles. The van der Waals surface area contributed by atoms with Gasteiger partial charge in [0.1, 0.15) is 17.9 Å². The normalized spacial score (nSPS) is 11.1. The van der Waals surface area contributed by atoms with E-state index in [9.17, 15) is 4.79 Å². The monoisotopic (exact) mass is 444 g/mol.